The number of hydrogen-bond acceptors (Lipinski definition) is 4. The molecule has 0 radical (unpaired) electrons. The first-order valence-corrected chi connectivity index (χ1v) is 9.67. The highest BCUT2D eigenvalue weighted by Crippen LogP contribution is 2.22. The summed E-state index contributed by atoms with van der Waals surface area (Å²) >= 11 is 5.28. The van der Waals surface area contributed by atoms with Gasteiger partial charge in [-0.1, -0.05) is 39.8 Å². The normalized spacial score (nSPS) is 11.5. The predicted octanol–water partition coefficient (Wildman–Crippen LogP) is 4.15. The van der Waals surface area contributed by atoms with Gasteiger partial charge in [-0.25, -0.2) is 0 Å². The number of carbonyl (C=O) groups is 1. The van der Waals surface area contributed by atoms with Gasteiger partial charge >= 0.3 is 0 Å². The van der Waals surface area contributed by atoms with Crippen molar-refractivity contribution in [2.75, 3.05) is 5.32 Å². The van der Waals surface area contributed by atoms with Gasteiger partial charge in [0.05, 0.1) is 5.69 Å². The summed E-state index contributed by atoms with van der Waals surface area (Å²) in [5, 5.41) is 15.2. The summed E-state index contributed by atoms with van der Waals surface area (Å²) in [4.78, 5) is 13.7. The molecule has 0 fully saturated rings. The van der Waals surface area contributed by atoms with E-state index in [1.807, 2.05) is 52.0 Å². The van der Waals surface area contributed by atoms with Gasteiger partial charge in [-0.05, 0) is 61.0 Å². The molecule has 6 nitrogen and oxygen atoms in total. The van der Waals surface area contributed by atoms with Gasteiger partial charge < -0.3 is 10.6 Å². The average Bonchev–Trinajstić information content (AvgIpc) is 3.04. The van der Waals surface area contributed by atoms with Crippen LogP contribution in [0.5, 0.6) is 0 Å². The van der Waals surface area contributed by atoms with Crippen molar-refractivity contribution >= 4 is 40.0 Å². The van der Waals surface area contributed by atoms with Gasteiger partial charge in [0.25, 0.3) is 0 Å². The number of hydrogen-bond donors (Lipinski definition) is 2. The molecule has 0 aliphatic carbocycles. The van der Waals surface area contributed by atoms with Gasteiger partial charge in [0, 0.05) is 11.1 Å². The van der Waals surface area contributed by atoms with Crippen LogP contribution in [0.1, 0.15) is 38.8 Å². The standard InChI is InChI=1S/C21H25N5OS/c1-6-14-7-9-15(10-8-14)26-24-17-11-13(2)16(12-18(17)25-26)22-20(28)23-19(27)21(3,4)5/h7-12H,6H2,1-5H3,(H2,22,23,27,28). The molecule has 0 bridgehead atoms. The van der Waals surface area contributed by atoms with Crippen molar-refractivity contribution in [2.45, 2.75) is 41.0 Å². The fourth-order valence-electron chi connectivity index (χ4n) is 2.63. The fourth-order valence-corrected chi connectivity index (χ4v) is 2.83. The number of thiocarbonyl (C=S) groups is 1. The zero-order valence-electron chi connectivity index (χ0n) is 16.8. The van der Waals surface area contributed by atoms with Crippen molar-refractivity contribution in [3.8, 4) is 5.69 Å². The molecular formula is C21H25N5OS. The molecular weight excluding hydrogens is 370 g/mol. The van der Waals surface area contributed by atoms with Crippen LogP contribution in [0.4, 0.5) is 5.69 Å². The Morgan fingerprint density at radius 1 is 1.11 bits per heavy atom. The summed E-state index contributed by atoms with van der Waals surface area (Å²) in [5.41, 5.74) is 4.97. The molecule has 2 N–H and O–H groups in total. The number of benzene rings is 2. The second-order valence-electron chi connectivity index (χ2n) is 7.82. The highest BCUT2D eigenvalue weighted by atomic mass is 32.1. The van der Waals surface area contributed by atoms with E-state index in [9.17, 15) is 4.79 Å². The highest BCUT2D eigenvalue weighted by molar-refractivity contribution is 7.80. The number of rotatable bonds is 3. The van der Waals surface area contributed by atoms with E-state index in [-0.39, 0.29) is 11.0 Å². The molecule has 7 heteroatoms. The van der Waals surface area contributed by atoms with Gasteiger partial charge in [-0.2, -0.15) is 4.80 Å². The number of aryl methyl sites for hydroxylation is 2. The van der Waals surface area contributed by atoms with E-state index >= 15 is 0 Å². The summed E-state index contributed by atoms with van der Waals surface area (Å²) in [6, 6.07) is 12.0. The SMILES string of the molecule is CCc1ccc(-n2nc3cc(C)c(NC(=S)NC(=O)C(C)(C)C)cc3n2)cc1. The minimum Gasteiger partial charge on any atom is -0.332 e. The Morgan fingerprint density at radius 2 is 1.71 bits per heavy atom. The fraction of sp³-hybridized carbons (Fsp3) is 0.333. The molecule has 0 unspecified atom stereocenters. The predicted molar refractivity (Wildman–Crippen MR) is 117 cm³/mol. The first kappa shape index (κ1) is 19.9. The van der Waals surface area contributed by atoms with Crippen LogP contribution >= 0.6 is 12.2 Å². The molecule has 0 aliphatic rings. The van der Waals surface area contributed by atoms with E-state index in [2.05, 4.69) is 39.9 Å². The summed E-state index contributed by atoms with van der Waals surface area (Å²) in [6.45, 7) is 9.61. The molecule has 0 aliphatic heterocycles. The number of nitrogens with one attached hydrogen (secondary N) is 2. The van der Waals surface area contributed by atoms with Gasteiger partial charge in [0.1, 0.15) is 11.0 Å². The second kappa shape index (κ2) is 7.67. The Morgan fingerprint density at radius 3 is 2.29 bits per heavy atom. The Labute approximate surface area is 170 Å². The molecule has 1 amide bonds. The Bertz CT molecular complexity index is 1030. The molecule has 28 heavy (non-hydrogen) atoms. The summed E-state index contributed by atoms with van der Waals surface area (Å²) in [6.07, 6.45) is 0.995. The molecule has 1 heterocycles. The summed E-state index contributed by atoms with van der Waals surface area (Å²) < 4.78 is 0. The number of aromatic nitrogens is 3. The van der Waals surface area contributed by atoms with Crippen molar-refractivity contribution in [1.29, 1.82) is 0 Å². The topological polar surface area (TPSA) is 71.8 Å². The molecule has 0 spiro atoms. The van der Waals surface area contributed by atoms with E-state index < -0.39 is 5.41 Å². The van der Waals surface area contributed by atoms with Crippen LogP contribution in [0.3, 0.4) is 0 Å². The first-order chi connectivity index (χ1) is 13.2. The van der Waals surface area contributed by atoms with Crippen LogP contribution in [-0.2, 0) is 11.2 Å². The van der Waals surface area contributed by atoms with Crippen molar-refractivity contribution in [3.05, 3.63) is 47.5 Å². The van der Waals surface area contributed by atoms with Gasteiger partial charge in [-0.15, -0.1) is 10.2 Å². The number of carbonyl (C=O) groups excluding carboxylic acids is 1. The second-order valence-corrected chi connectivity index (χ2v) is 8.23. The van der Waals surface area contributed by atoms with E-state index in [0.29, 0.717) is 0 Å². The molecule has 3 aromatic rings. The van der Waals surface area contributed by atoms with Crippen molar-refractivity contribution in [2.24, 2.45) is 5.41 Å². The van der Waals surface area contributed by atoms with Crippen LogP contribution in [0.15, 0.2) is 36.4 Å². The Kier molecular flexibility index (Phi) is 5.47. The van der Waals surface area contributed by atoms with Gasteiger partial charge in [0.15, 0.2) is 5.11 Å². The third-order valence-electron chi connectivity index (χ3n) is 4.46. The molecule has 3 rings (SSSR count). The van der Waals surface area contributed by atoms with Crippen molar-refractivity contribution in [1.82, 2.24) is 20.3 Å². The maximum atomic E-state index is 12.1. The van der Waals surface area contributed by atoms with Crippen LogP contribution < -0.4 is 10.6 Å². The monoisotopic (exact) mass is 395 g/mol. The maximum Gasteiger partial charge on any atom is 0.231 e. The molecule has 0 saturated carbocycles. The van der Waals surface area contributed by atoms with Crippen LogP contribution in [0.2, 0.25) is 0 Å². The third-order valence-corrected chi connectivity index (χ3v) is 4.66. The number of fused-ring (bicyclic) bond motifs is 1. The molecule has 0 atom stereocenters. The minimum atomic E-state index is -0.513. The Balaban J connectivity index is 1.84. The number of nitrogens with zero attached hydrogens (tertiary/aromatic N) is 3. The van der Waals surface area contributed by atoms with Crippen molar-refractivity contribution < 1.29 is 4.79 Å². The van der Waals surface area contributed by atoms with E-state index in [0.717, 1.165) is 34.4 Å². The third kappa shape index (κ3) is 4.36. The minimum absolute atomic E-state index is 0.134. The maximum absolute atomic E-state index is 12.1. The average molecular weight is 396 g/mol. The lowest BCUT2D eigenvalue weighted by Crippen LogP contribution is -2.41. The molecule has 2 aromatic carbocycles. The number of amides is 1. The largest absolute Gasteiger partial charge is 0.332 e. The van der Waals surface area contributed by atoms with Gasteiger partial charge in [-0.3, -0.25) is 4.79 Å². The zero-order valence-corrected chi connectivity index (χ0v) is 17.6. The summed E-state index contributed by atoms with van der Waals surface area (Å²) in [7, 11) is 0. The van der Waals surface area contributed by atoms with Gasteiger partial charge in [0.2, 0.25) is 5.91 Å². The highest BCUT2D eigenvalue weighted by Gasteiger charge is 2.22. The van der Waals surface area contributed by atoms with Crippen LogP contribution in [0, 0.1) is 12.3 Å². The zero-order chi connectivity index (χ0) is 20.5. The van der Waals surface area contributed by atoms with E-state index in [4.69, 9.17) is 12.2 Å². The van der Waals surface area contributed by atoms with Crippen molar-refractivity contribution in [3.63, 3.8) is 0 Å². The van der Waals surface area contributed by atoms with Crippen LogP contribution in [-0.4, -0.2) is 26.0 Å². The quantitative estimate of drug-likeness (QED) is 0.652. The smallest absolute Gasteiger partial charge is 0.231 e. The first-order valence-electron chi connectivity index (χ1n) is 9.27. The molecule has 0 saturated heterocycles. The lowest BCUT2D eigenvalue weighted by Gasteiger charge is -2.19. The van der Waals surface area contributed by atoms with E-state index in [1.165, 1.54) is 5.56 Å². The summed E-state index contributed by atoms with van der Waals surface area (Å²) in [5.74, 6) is -0.134. The number of anilines is 1. The van der Waals surface area contributed by atoms with Crippen LogP contribution in [0.25, 0.3) is 16.7 Å². The lowest BCUT2D eigenvalue weighted by atomic mass is 9.96. The molecule has 146 valence electrons. The Hall–Kier alpha value is -2.80. The lowest BCUT2D eigenvalue weighted by molar-refractivity contribution is -0.126. The molecule has 1 aromatic heterocycles. The van der Waals surface area contributed by atoms with E-state index in [1.54, 1.807) is 4.80 Å².